The van der Waals surface area contributed by atoms with E-state index in [-0.39, 0.29) is 11.8 Å². The van der Waals surface area contributed by atoms with Gasteiger partial charge in [-0.05, 0) is 30.3 Å². The Labute approximate surface area is 185 Å². The minimum Gasteiger partial charge on any atom is -0.382 e. The standard InChI is InChI=1S/C24H34N4O3/c1-8-10-12-19(17(3)18(4)25-14-9-2)27-22(30)20-13-11-15-28(20)23(31)21(26-16-29)24(5,6)7/h1,9,19-21,25H,2-4,10-15H2,5-7H3,(H,27,30). The number of carbonyl (C=O) groups is 2. The summed E-state index contributed by atoms with van der Waals surface area (Å²) in [4.78, 5) is 42.3. The van der Waals surface area contributed by atoms with Crippen LogP contribution in [0.1, 0.15) is 46.5 Å². The van der Waals surface area contributed by atoms with E-state index >= 15 is 0 Å². The van der Waals surface area contributed by atoms with E-state index in [1.165, 1.54) is 11.0 Å². The van der Waals surface area contributed by atoms with Gasteiger partial charge in [-0.15, -0.1) is 18.9 Å². The van der Waals surface area contributed by atoms with Crippen LogP contribution < -0.4 is 10.6 Å². The van der Waals surface area contributed by atoms with Crippen molar-refractivity contribution in [3.8, 4) is 12.3 Å². The van der Waals surface area contributed by atoms with Gasteiger partial charge in [0.05, 0.1) is 6.04 Å². The van der Waals surface area contributed by atoms with E-state index in [1.807, 2.05) is 20.8 Å². The maximum absolute atomic E-state index is 13.1. The third-order valence-corrected chi connectivity index (χ3v) is 5.24. The molecular formula is C24H34N4O3. The summed E-state index contributed by atoms with van der Waals surface area (Å²) in [5.41, 5.74) is 0.644. The lowest BCUT2D eigenvalue weighted by molar-refractivity contribution is -0.141. The van der Waals surface area contributed by atoms with Crippen molar-refractivity contribution < 1.29 is 14.4 Å². The molecule has 7 nitrogen and oxygen atoms in total. The van der Waals surface area contributed by atoms with Gasteiger partial charge in [-0.25, -0.2) is 4.79 Å². The molecule has 0 saturated carbocycles. The van der Waals surface area contributed by atoms with Crippen molar-refractivity contribution in [1.82, 2.24) is 15.5 Å². The summed E-state index contributed by atoms with van der Waals surface area (Å²) >= 11 is 0. The lowest BCUT2D eigenvalue weighted by Gasteiger charge is -2.32. The molecule has 0 spiro atoms. The zero-order valence-corrected chi connectivity index (χ0v) is 18.9. The Bertz CT molecular complexity index is 797. The predicted molar refractivity (Wildman–Crippen MR) is 123 cm³/mol. The van der Waals surface area contributed by atoms with Gasteiger partial charge in [0.1, 0.15) is 12.1 Å². The number of rotatable bonds is 11. The average molecular weight is 427 g/mol. The number of aliphatic imine (C=N–C) groups is 1. The average Bonchev–Trinajstić information content (AvgIpc) is 3.21. The zero-order valence-electron chi connectivity index (χ0n) is 18.9. The molecule has 0 aromatic heterocycles. The van der Waals surface area contributed by atoms with Crippen LogP contribution in [0, 0.1) is 17.8 Å². The van der Waals surface area contributed by atoms with E-state index in [0.717, 1.165) is 0 Å². The fourth-order valence-electron chi connectivity index (χ4n) is 3.48. The SMILES string of the molecule is C#CCCC(NC(=O)C1CCCN1C(=O)C(N=C=O)C(C)(C)C)C(=C)C(=C)NCC=C. The van der Waals surface area contributed by atoms with Crippen molar-refractivity contribution in [2.24, 2.45) is 10.4 Å². The first-order chi connectivity index (χ1) is 14.6. The number of amides is 2. The van der Waals surface area contributed by atoms with Crippen molar-refractivity contribution >= 4 is 17.9 Å². The number of nitrogens with zero attached hydrogens (tertiary/aromatic N) is 2. The van der Waals surface area contributed by atoms with E-state index in [9.17, 15) is 14.4 Å². The quantitative estimate of drug-likeness (QED) is 0.175. The van der Waals surface area contributed by atoms with Crippen LogP contribution in [0.4, 0.5) is 0 Å². The molecular weight excluding hydrogens is 392 g/mol. The van der Waals surface area contributed by atoms with Crippen LogP contribution in [0.25, 0.3) is 0 Å². The molecule has 3 atom stereocenters. The third-order valence-electron chi connectivity index (χ3n) is 5.24. The molecule has 1 heterocycles. The Hall–Kier alpha value is -3.10. The molecule has 3 unspecified atom stereocenters. The number of isocyanates is 1. The second kappa shape index (κ2) is 11.9. The predicted octanol–water partition coefficient (Wildman–Crippen LogP) is 2.47. The molecule has 7 heteroatoms. The summed E-state index contributed by atoms with van der Waals surface area (Å²) < 4.78 is 0. The van der Waals surface area contributed by atoms with Crippen LogP contribution in [-0.4, -0.2) is 54.0 Å². The Kier molecular flexibility index (Phi) is 9.98. The highest BCUT2D eigenvalue weighted by Gasteiger charge is 2.41. The number of hydrogen-bond acceptors (Lipinski definition) is 5. The molecule has 168 valence electrons. The fraction of sp³-hybridized carbons (Fsp3) is 0.542. The molecule has 0 radical (unpaired) electrons. The summed E-state index contributed by atoms with van der Waals surface area (Å²) in [7, 11) is 0. The Balaban J connectivity index is 3.01. The topological polar surface area (TPSA) is 90.9 Å². The first-order valence-electron chi connectivity index (χ1n) is 10.4. The highest BCUT2D eigenvalue weighted by molar-refractivity contribution is 5.91. The van der Waals surface area contributed by atoms with Crippen LogP contribution in [-0.2, 0) is 14.4 Å². The summed E-state index contributed by atoms with van der Waals surface area (Å²) in [6.07, 6.45) is 10.8. The molecule has 1 aliphatic rings. The minimum absolute atomic E-state index is 0.284. The number of hydrogen-bond donors (Lipinski definition) is 2. The van der Waals surface area contributed by atoms with Crippen LogP contribution in [0.5, 0.6) is 0 Å². The van der Waals surface area contributed by atoms with E-state index in [1.54, 1.807) is 6.08 Å². The number of terminal acetylenes is 1. The van der Waals surface area contributed by atoms with Crippen LogP contribution in [0.3, 0.4) is 0 Å². The highest BCUT2D eigenvalue weighted by atomic mass is 16.2. The Morgan fingerprint density at radius 1 is 1.35 bits per heavy atom. The molecule has 1 saturated heterocycles. The minimum atomic E-state index is -0.895. The maximum atomic E-state index is 13.1. The summed E-state index contributed by atoms with van der Waals surface area (Å²) in [5.74, 6) is 1.95. The van der Waals surface area contributed by atoms with Crippen LogP contribution >= 0.6 is 0 Å². The molecule has 2 amide bonds. The molecule has 0 bridgehead atoms. The van der Waals surface area contributed by atoms with Gasteiger partial charge in [0, 0.05) is 25.2 Å². The number of carbonyl (C=O) groups excluding carboxylic acids is 3. The van der Waals surface area contributed by atoms with Crippen molar-refractivity contribution in [2.45, 2.75) is 64.6 Å². The monoisotopic (exact) mass is 426 g/mol. The largest absolute Gasteiger partial charge is 0.382 e. The number of likely N-dealkylation sites (tertiary alicyclic amines) is 1. The molecule has 31 heavy (non-hydrogen) atoms. The molecule has 2 N–H and O–H groups in total. The van der Waals surface area contributed by atoms with Gasteiger partial charge in [0.25, 0.3) is 0 Å². The van der Waals surface area contributed by atoms with E-state index in [0.29, 0.717) is 50.0 Å². The van der Waals surface area contributed by atoms with Gasteiger partial charge in [0.2, 0.25) is 17.9 Å². The smallest absolute Gasteiger partial charge is 0.249 e. The zero-order chi connectivity index (χ0) is 23.6. The lowest BCUT2D eigenvalue weighted by atomic mass is 9.86. The second-order valence-corrected chi connectivity index (χ2v) is 8.66. The van der Waals surface area contributed by atoms with Crippen molar-refractivity contribution in [3.05, 3.63) is 37.1 Å². The van der Waals surface area contributed by atoms with Gasteiger partial charge in [-0.2, -0.15) is 4.99 Å². The summed E-state index contributed by atoms with van der Waals surface area (Å²) in [6, 6.07) is -1.96. The van der Waals surface area contributed by atoms with E-state index in [4.69, 9.17) is 6.42 Å². The lowest BCUT2D eigenvalue weighted by Crippen LogP contribution is -2.53. The second-order valence-electron chi connectivity index (χ2n) is 8.66. The Morgan fingerprint density at radius 2 is 2.03 bits per heavy atom. The molecule has 1 rings (SSSR count). The van der Waals surface area contributed by atoms with Gasteiger partial charge in [0.15, 0.2) is 0 Å². The first-order valence-corrected chi connectivity index (χ1v) is 10.4. The van der Waals surface area contributed by atoms with Gasteiger partial charge in [-0.3, -0.25) is 9.59 Å². The Morgan fingerprint density at radius 3 is 2.58 bits per heavy atom. The highest BCUT2D eigenvalue weighted by Crippen LogP contribution is 2.28. The fourth-order valence-corrected chi connectivity index (χ4v) is 3.48. The number of nitrogens with one attached hydrogen (secondary N) is 2. The van der Waals surface area contributed by atoms with Gasteiger partial charge >= 0.3 is 0 Å². The van der Waals surface area contributed by atoms with E-state index in [2.05, 4.69) is 41.3 Å². The van der Waals surface area contributed by atoms with Crippen molar-refractivity contribution in [3.63, 3.8) is 0 Å². The van der Waals surface area contributed by atoms with Crippen LogP contribution in [0.2, 0.25) is 0 Å². The van der Waals surface area contributed by atoms with Gasteiger partial charge < -0.3 is 15.5 Å². The van der Waals surface area contributed by atoms with Crippen molar-refractivity contribution in [1.29, 1.82) is 0 Å². The molecule has 1 aliphatic heterocycles. The van der Waals surface area contributed by atoms with Crippen LogP contribution in [0.15, 0.2) is 42.1 Å². The van der Waals surface area contributed by atoms with Crippen molar-refractivity contribution in [2.75, 3.05) is 13.1 Å². The molecule has 1 fully saturated rings. The molecule has 0 aliphatic carbocycles. The summed E-state index contributed by atoms with van der Waals surface area (Å²) in [5, 5.41) is 6.06. The normalized spacial score (nSPS) is 17.5. The first kappa shape index (κ1) is 25.9. The third kappa shape index (κ3) is 7.27. The summed E-state index contributed by atoms with van der Waals surface area (Å²) in [6.45, 7) is 18.1. The molecule has 0 aromatic carbocycles. The van der Waals surface area contributed by atoms with E-state index < -0.39 is 23.5 Å². The maximum Gasteiger partial charge on any atom is 0.249 e. The molecule has 0 aromatic rings. The van der Waals surface area contributed by atoms with Gasteiger partial charge in [-0.1, -0.05) is 40.0 Å².